The Kier molecular flexibility index (Phi) is 4.95. The smallest absolute Gasteiger partial charge is 0.139 e. The zero-order valence-electron chi connectivity index (χ0n) is 23.8. The summed E-state index contributed by atoms with van der Waals surface area (Å²) in [5.41, 5.74) is 13.1. The summed E-state index contributed by atoms with van der Waals surface area (Å²) in [6.45, 7) is 9.29. The Balaban J connectivity index is 1.31. The van der Waals surface area contributed by atoms with Crippen molar-refractivity contribution in [3.05, 3.63) is 138 Å². The Labute approximate surface area is 241 Å². The van der Waals surface area contributed by atoms with Crippen molar-refractivity contribution in [2.75, 3.05) is 0 Å². The Bertz CT molecular complexity index is 2020. The molecule has 41 heavy (non-hydrogen) atoms. The van der Waals surface area contributed by atoms with Crippen LogP contribution >= 0.6 is 0 Å². The second-order valence-corrected chi connectivity index (χ2v) is 12.4. The molecule has 2 heteroatoms. The van der Waals surface area contributed by atoms with E-state index in [1.54, 1.807) is 0 Å². The summed E-state index contributed by atoms with van der Waals surface area (Å²) < 4.78 is 6.72. The van der Waals surface area contributed by atoms with Crippen LogP contribution in [-0.2, 0) is 10.8 Å². The summed E-state index contributed by atoms with van der Waals surface area (Å²) in [5, 5.41) is 1.17. The third-order valence-electron chi connectivity index (χ3n) is 9.40. The molecule has 2 aliphatic rings. The summed E-state index contributed by atoms with van der Waals surface area (Å²) in [6, 6.07) is 39.3. The molecule has 6 aromatic rings. The van der Waals surface area contributed by atoms with Gasteiger partial charge in [0.15, 0.2) is 0 Å². The lowest BCUT2D eigenvalue weighted by Gasteiger charge is -2.36. The topological polar surface area (TPSA) is 22.1 Å². The first kappa shape index (κ1) is 24.1. The zero-order chi connectivity index (χ0) is 27.9. The SMILES string of the molecule is CC1(C)c2ccccc2Oc2c1ccc1c2-c2ccc(-c3ccc(-c4ccccc4)c4cccnc34)cc2C1(C)C. The van der Waals surface area contributed by atoms with Crippen molar-refractivity contribution < 1.29 is 4.74 Å². The van der Waals surface area contributed by atoms with E-state index < -0.39 is 0 Å². The highest BCUT2D eigenvalue weighted by atomic mass is 16.5. The summed E-state index contributed by atoms with van der Waals surface area (Å²) in [5.74, 6) is 1.96. The molecule has 1 aliphatic heterocycles. The number of hydrogen-bond acceptors (Lipinski definition) is 2. The van der Waals surface area contributed by atoms with E-state index in [1.165, 1.54) is 55.5 Å². The number of aromatic nitrogens is 1. The van der Waals surface area contributed by atoms with Gasteiger partial charge < -0.3 is 4.74 Å². The fourth-order valence-corrected chi connectivity index (χ4v) is 7.16. The molecule has 5 aromatic carbocycles. The Morgan fingerprint density at radius 1 is 0.537 bits per heavy atom. The van der Waals surface area contributed by atoms with E-state index >= 15 is 0 Å². The standard InChI is InChI=1S/C39H31NO/c1-38(2)30-14-8-9-15-34(30)41-37-32(38)21-20-31-35(37)29-17-16-25(23-33(29)39(31,3)4)27-19-18-26(24-11-6-5-7-12-24)28-13-10-22-40-36(27)28/h5-23H,1-4H3. The molecular formula is C39H31NO. The number of fused-ring (bicyclic) bond motifs is 7. The van der Waals surface area contributed by atoms with Gasteiger partial charge in [-0.3, -0.25) is 4.98 Å². The molecule has 0 spiro atoms. The van der Waals surface area contributed by atoms with Crippen LogP contribution in [0.5, 0.6) is 11.5 Å². The normalized spacial score (nSPS) is 15.4. The minimum atomic E-state index is -0.159. The Hall–Kier alpha value is -4.69. The highest BCUT2D eigenvalue weighted by Crippen LogP contribution is 2.59. The largest absolute Gasteiger partial charge is 0.456 e. The number of pyridine rings is 1. The lowest BCUT2D eigenvalue weighted by molar-refractivity contribution is 0.419. The monoisotopic (exact) mass is 529 g/mol. The van der Waals surface area contributed by atoms with Gasteiger partial charge in [0.25, 0.3) is 0 Å². The highest BCUT2D eigenvalue weighted by Gasteiger charge is 2.42. The highest BCUT2D eigenvalue weighted by molar-refractivity contribution is 6.03. The minimum Gasteiger partial charge on any atom is -0.456 e. The van der Waals surface area contributed by atoms with Crippen LogP contribution in [0.3, 0.4) is 0 Å². The van der Waals surface area contributed by atoms with Gasteiger partial charge in [0.1, 0.15) is 11.5 Å². The van der Waals surface area contributed by atoms with E-state index in [0.29, 0.717) is 0 Å². The summed E-state index contributed by atoms with van der Waals surface area (Å²) >= 11 is 0. The van der Waals surface area contributed by atoms with Crippen molar-refractivity contribution in [1.29, 1.82) is 0 Å². The van der Waals surface area contributed by atoms with Crippen molar-refractivity contribution in [3.8, 4) is 44.9 Å². The first-order valence-corrected chi connectivity index (χ1v) is 14.4. The van der Waals surface area contributed by atoms with E-state index in [4.69, 9.17) is 9.72 Å². The maximum atomic E-state index is 6.72. The predicted molar refractivity (Wildman–Crippen MR) is 169 cm³/mol. The summed E-state index contributed by atoms with van der Waals surface area (Å²) in [7, 11) is 0. The van der Waals surface area contributed by atoms with Crippen molar-refractivity contribution in [1.82, 2.24) is 4.98 Å². The average Bonchev–Trinajstić information content (AvgIpc) is 3.23. The maximum absolute atomic E-state index is 6.72. The molecule has 0 N–H and O–H groups in total. The fourth-order valence-electron chi connectivity index (χ4n) is 7.16. The first-order chi connectivity index (χ1) is 19.9. The molecule has 8 rings (SSSR count). The van der Waals surface area contributed by atoms with Gasteiger partial charge in [-0.15, -0.1) is 0 Å². The minimum absolute atomic E-state index is 0.142. The van der Waals surface area contributed by atoms with Gasteiger partial charge in [-0.25, -0.2) is 0 Å². The van der Waals surface area contributed by atoms with E-state index in [9.17, 15) is 0 Å². The summed E-state index contributed by atoms with van der Waals surface area (Å²) in [6.07, 6.45) is 1.90. The van der Waals surface area contributed by atoms with Gasteiger partial charge in [0.2, 0.25) is 0 Å². The molecule has 1 aliphatic carbocycles. The van der Waals surface area contributed by atoms with Gasteiger partial charge >= 0.3 is 0 Å². The third-order valence-corrected chi connectivity index (χ3v) is 9.40. The lowest BCUT2D eigenvalue weighted by Crippen LogP contribution is -2.25. The second-order valence-electron chi connectivity index (χ2n) is 12.4. The molecule has 2 nitrogen and oxygen atoms in total. The number of nitrogens with zero attached hydrogens (tertiary/aromatic N) is 1. The molecule has 0 unspecified atom stereocenters. The van der Waals surface area contributed by atoms with Crippen LogP contribution in [0.2, 0.25) is 0 Å². The molecule has 0 bridgehead atoms. The van der Waals surface area contributed by atoms with E-state index in [2.05, 4.69) is 131 Å². The van der Waals surface area contributed by atoms with Gasteiger partial charge in [0.05, 0.1) is 5.52 Å². The molecule has 0 saturated heterocycles. The number of rotatable bonds is 2. The molecule has 1 aromatic heterocycles. The first-order valence-electron chi connectivity index (χ1n) is 14.4. The van der Waals surface area contributed by atoms with Crippen molar-refractivity contribution in [2.45, 2.75) is 38.5 Å². The number of para-hydroxylation sites is 1. The van der Waals surface area contributed by atoms with Crippen molar-refractivity contribution in [3.63, 3.8) is 0 Å². The molecule has 0 saturated carbocycles. The summed E-state index contributed by atoms with van der Waals surface area (Å²) in [4.78, 5) is 4.89. The number of hydrogen-bond donors (Lipinski definition) is 0. The van der Waals surface area contributed by atoms with Crippen molar-refractivity contribution >= 4 is 10.9 Å². The molecule has 198 valence electrons. The van der Waals surface area contributed by atoms with Crippen LogP contribution in [0.4, 0.5) is 0 Å². The van der Waals surface area contributed by atoms with Crippen LogP contribution in [0.25, 0.3) is 44.3 Å². The van der Waals surface area contributed by atoms with Gasteiger partial charge in [0, 0.05) is 44.7 Å². The van der Waals surface area contributed by atoms with Crippen LogP contribution in [-0.4, -0.2) is 4.98 Å². The molecular weight excluding hydrogens is 498 g/mol. The molecule has 0 radical (unpaired) electrons. The maximum Gasteiger partial charge on any atom is 0.139 e. The zero-order valence-corrected chi connectivity index (χ0v) is 23.8. The average molecular weight is 530 g/mol. The number of ether oxygens (including phenoxy) is 1. The Morgan fingerprint density at radius 3 is 2.10 bits per heavy atom. The lowest BCUT2D eigenvalue weighted by atomic mass is 9.74. The number of benzene rings is 5. The van der Waals surface area contributed by atoms with Crippen molar-refractivity contribution in [2.24, 2.45) is 0 Å². The quantitative estimate of drug-likeness (QED) is 0.223. The molecule has 0 amide bonds. The van der Waals surface area contributed by atoms with Gasteiger partial charge in [-0.2, -0.15) is 0 Å². The van der Waals surface area contributed by atoms with Crippen LogP contribution < -0.4 is 4.74 Å². The molecule has 0 fully saturated rings. The molecule has 2 heterocycles. The van der Waals surface area contributed by atoms with E-state index in [1.807, 2.05) is 12.3 Å². The Morgan fingerprint density at radius 2 is 1.24 bits per heavy atom. The van der Waals surface area contributed by atoms with E-state index in [-0.39, 0.29) is 10.8 Å². The van der Waals surface area contributed by atoms with Crippen LogP contribution in [0.1, 0.15) is 49.9 Å². The van der Waals surface area contributed by atoms with Crippen LogP contribution in [0, 0.1) is 0 Å². The predicted octanol–water partition coefficient (Wildman–Crippen LogP) is 10.3. The molecule has 0 atom stereocenters. The fraction of sp³-hybridized carbons (Fsp3) is 0.154. The second kappa shape index (κ2) is 8.41. The van der Waals surface area contributed by atoms with E-state index in [0.717, 1.165) is 22.6 Å². The third kappa shape index (κ3) is 3.34. The van der Waals surface area contributed by atoms with Gasteiger partial charge in [-0.1, -0.05) is 119 Å². The van der Waals surface area contributed by atoms with Gasteiger partial charge in [-0.05, 0) is 51.6 Å². The van der Waals surface area contributed by atoms with Crippen LogP contribution in [0.15, 0.2) is 115 Å².